The number of aryl methyl sites for hydroxylation is 1. The van der Waals surface area contributed by atoms with E-state index >= 15 is 0 Å². The number of hydrogen-bond acceptors (Lipinski definition) is 1. The van der Waals surface area contributed by atoms with Crippen molar-refractivity contribution in [2.24, 2.45) is 0 Å². The van der Waals surface area contributed by atoms with Gasteiger partial charge < -0.3 is 5.11 Å². The summed E-state index contributed by atoms with van der Waals surface area (Å²) in [5.74, 6) is -2.24. The van der Waals surface area contributed by atoms with E-state index in [4.69, 9.17) is 5.11 Å². The van der Waals surface area contributed by atoms with Crippen LogP contribution in [0, 0.1) is 6.92 Å². The second-order valence-corrected chi connectivity index (χ2v) is 3.97. The third-order valence-corrected chi connectivity index (χ3v) is 2.53. The zero-order chi connectivity index (χ0) is 13.1. The van der Waals surface area contributed by atoms with Crippen LogP contribution >= 0.6 is 0 Å². The van der Waals surface area contributed by atoms with E-state index in [1.807, 2.05) is 0 Å². The van der Waals surface area contributed by atoms with Crippen LogP contribution in [-0.4, -0.2) is 17.3 Å². The minimum absolute atomic E-state index is 0.451. The lowest BCUT2D eigenvalue weighted by molar-refractivity contribution is -0.145. The third-order valence-electron chi connectivity index (χ3n) is 2.53. The summed E-state index contributed by atoms with van der Waals surface area (Å²) in [5.41, 5.74) is 1.13. The first-order valence-corrected chi connectivity index (χ1v) is 5.13. The molecule has 1 unspecified atom stereocenters. The summed E-state index contributed by atoms with van der Waals surface area (Å²) in [6, 6.07) is 6.56. The Hall–Kier alpha value is -1.52. The zero-order valence-electron chi connectivity index (χ0n) is 9.29. The molecular formula is C12H13F3O2. The number of carboxylic acids is 1. The Morgan fingerprint density at radius 1 is 1.35 bits per heavy atom. The molecule has 1 atom stereocenters. The van der Waals surface area contributed by atoms with Crippen LogP contribution in [0.25, 0.3) is 0 Å². The fraction of sp³-hybridized carbons (Fsp3) is 0.417. The summed E-state index contributed by atoms with van der Waals surface area (Å²) in [5, 5.41) is 8.67. The van der Waals surface area contributed by atoms with E-state index in [0.717, 1.165) is 0 Å². The second kappa shape index (κ2) is 5.21. The van der Waals surface area contributed by atoms with Gasteiger partial charge in [-0.1, -0.05) is 24.3 Å². The monoisotopic (exact) mass is 246 g/mol. The van der Waals surface area contributed by atoms with E-state index < -0.39 is 30.9 Å². The first-order valence-electron chi connectivity index (χ1n) is 5.13. The molecule has 0 amide bonds. The summed E-state index contributed by atoms with van der Waals surface area (Å²) in [6.45, 7) is 1.68. The van der Waals surface area contributed by atoms with E-state index in [1.54, 1.807) is 31.2 Å². The van der Waals surface area contributed by atoms with Crippen molar-refractivity contribution >= 4 is 5.97 Å². The zero-order valence-corrected chi connectivity index (χ0v) is 9.29. The summed E-state index contributed by atoms with van der Waals surface area (Å²) < 4.78 is 37.1. The normalized spacial score (nSPS) is 13.4. The van der Waals surface area contributed by atoms with E-state index in [1.165, 1.54) is 0 Å². The van der Waals surface area contributed by atoms with Gasteiger partial charge in [0.1, 0.15) is 0 Å². The number of benzene rings is 1. The predicted octanol–water partition coefficient (Wildman–Crippen LogP) is 3.51. The highest BCUT2D eigenvalue weighted by molar-refractivity contribution is 5.68. The molecule has 2 nitrogen and oxygen atoms in total. The van der Waals surface area contributed by atoms with E-state index in [0.29, 0.717) is 11.1 Å². The maximum atomic E-state index is 12.4. The average Bonchev–Trinajstić information content (AvgIpc) is 2.14. The van der Waals surface area contributed by atoms with Gasteiger partial charge in [0.05, 0.1) is 12.8 Å². The number of halogens is 3. The molecular weight excluding hydrogens is 233 g/mol. The van der Waals surface area contributed by atoms with Gasteiger partial charge in [-0.2, -0.15) is 13.2 Å². The molecule has 1 aromatic carbocycles. The quantitative estimate of drug-likeness (QED) is 0.882. The number of hydrogen-bond donors (Lipinski definition) is 1. The van der Waals surface area contributed by atoms with Crippen molar-refractivity contribution in [1.82, 2.24) is 0 Å². The Morgan fingerprint density at radius 2 is 1.94 bits per heavy atom. The molecule has 0 aliphatic heterocycles. The smallest absolute Gasteiger partial charge is 0.389 e. The van der Waals surface area contributed by atoms with Crippen LogP contribution in [0.2, 0.25) is 0 Å². The van der Waals surface area contributed by atoms with Crippen molar-refractivity contribution in [3.63, 3.8) is 0 Å². The second-order valence-electron chi connectivity index (χ2n) is 3.97. The SMILES string of the molecule is Cc1ccccc1C(CC(=O)O)CC(F)(F)F. The van der Waals surface area contributed by atoms with Crippen molar-refractivity contribution in [2.45, 2.75) is 31.9 Å². The molecule has 0 radical (unpaired) electrons. The lowest BCUT2D eigenvalue weighted by atomic mass is 9.89. The minimum Gasteiger partial charge on any atom is -0.481 e. The molecule has 0 aromatic heterocycles. The first kappa shape index (κ1) is 13.5. The summed E-state index contributed by atoms with van der Waals surface area (Å²) in [7, 11) is 0. The van der Waals surface area contributed by atoms with E-state index in [9.17, 15) is 18.0 Å². The molecule has 1 N–H and O–H groups in total. The van der Waals surface area contributed by atoms with Crippen LogP contribution in [0.15, 0.2) is 24.3 Å². The molecule has 17 heavy (non-hydrogen) atoms. The fourth-order valence-corrected chi connectivity index (χ4v) is 1.83. The molecule has 0 heterocycles. The Bertz CT molecular complexity index is 399. The molecule has 0 saturated heterocycles. The number of carbonyl (C=O) groups is 1. The molecule has 94 valence electrons. The van der Waals surface area contributed by atoms with Gasteiger partial charge in [-0.15, -0.1) is 0 Å². The molecule has 0 saturated carbocycles. The van der Waals surface area contributed by atoms with Crippen LogP contribution in [-0.2, 0) is 4.79 Å². The van der Waals surface area contributed by atoms with Crippen LogP contribution < -0.4 is 0 Å². The highest BCUT2D eigenvalue weighted by atomic mass is 19.4. The van der Waals surface area contributed by atoms with Crippen molar-refractivity contribution in [1.29, 1.82) is 0 Å². The van der Waals surface area contributed by atoms with Crippen molar-refractivity contribution < 1.29 is 23.1 Å². The maximum Gasteiger partial charge on any atom is 0.389 e. The highest BCUT2D eigenvalue weighted by Crippen LogP contribution is 2.34. The van der Waals surface area contributed by atoms with Gasteiger partial charge in [0, 0.05) is 5.92 Å². The Balaban J connectivity index is 2.98. The van der Waals surface area contributed by atoms with Gasteiger partial charge in [0.2, 0.25) is 0 Å². The lowest BCUT2D eigenvalue weighted by Crippen LogP contribution is -2.17. The van der Waals surface area contributed by atoms with Gasteiger partial charge in [-0.05, 0) is 18.1 Å². The molecule has 0 fully saturated rings. The highest BCUT2D eigenvalue weighted by Gasteiger charge is 2.34. The Kier molecular flexibility index (Phi) is 4.15. The van der Waals surface area contributed by atoms with Crippen LogP contribution in [0.5, 0.6) is 0 Å². The third kappa shape index (κ3) is 4.46. The number of carboxylic acid groups (broad SMARTS) is 1. The topological polar surface area (TPSA) is 37.3 Å². The van der Waals surface area contributed by atoms with Crippen molar-refractivity contribution in [3.8, 4) is 0 Å². The summed E-state index contributed by atoms with van der Waals surface area (Å²) in [6.07, 6.45) is -5.98. The summed E-state index contributed by atoms with van der Waals surface area (Å²) in [4.78, 5) is 10.6. The maximum absolute atomic E-state index is 12.4. The molecule has 0 aliphatic rings. The largest absolute Gasteiger partial charge is 0.481 e. The molecule has 1 rings (SSSR count). The van der Waals surface area contributed by atoms with Gasteiger partial charge in [0.25, 0.3) is 0 Å². The summed E-state index contributed by atoms with van der Waals surface area (Å²) >= 11 is 0. The van der Waals surface area contributed by atoms with Crippen LogP contribution in [0.1, 0.15) is 29.9 Å². The number of aliphatic carboxylic acids is 1. The van der Waals surface area contributed by atoms with Crippen molar-refractivity contribution in [3.05, 3.63) is 35.4 Å². The van der Waals surface area contributed by atoms with E-state index in [2.05, 4.69) is 0 Å². The van der Waals surface area contributed by atoms with Crippen LogP contribution in [0.4, 0.5) is 13.2 Å². The standard InChI is InChI=1S/C12H13F3O2/c1-8-4-2-3-5-10(8)9(6-11(16)17)7-12(13,14)15/h2-5,9H,6-7H2,1H3,(H,16,17). The van der Waals surface area contributed by atoms with Gasteiger partial charge in [-0.25, -0.2) is 0 Å². The van der Waals surface area contributed by atoms with Gasteiger partial charge >= 0.3 is 12.1 Å². The van der Waals surface area contributed by atoms with Gasteiger partial charge in [0.15, 0.2) is 0 Å². The molecule has 0 spiro atoms. The molecule has 0 bridgehead atoms. The minimum atomic E-state index is -4.36. The Labute approximate surface area is 97.1 Å². The lowest BCUT2D eigenvalue weighted by Gasteiger charge is -2.19. The fourth-order valence-electron chi connectivity index (χ4n) is 1.83. The van der Waals surface area contributed by atoms with E-state index in [-0.39, 0.29) is 0 Å². The molecule has 1 aromatic rings. The predicted molar refractivity (Wildman–Crippen MR) is 56.8 cm³/mol. The van der Waals surface area contributed by atoms with Crippen LogP contribution in [0.3, 0.4) is 0 Å². The van der Waals surface area contributed by atoms with Gasteiger partial charge in [-0.3, -0.25) is 4.79 Å². The first-order chi connectivity index (χ1) is 7.79. The average molecular weight is 246 g/mol. The molecule has 0 aliphatic carbocycles. The number of rotatable bonds is 4. The van der Waals surface area contributed by atoms with Crippen molar-refractivity contribution in [2.75, 3.05) is 0 Å². The Morgan fingerprint density at radius 3 is 2.41 bits per heavy atom. The number of alkyl halides is 3. The molecule has 5 heteroatoms.